The van der Waals surface area contributed by atoms with Crippen LogP contribution in [-0.4, -0.2) is 33.2 Å². The van der Waals surface area contributed by atoms with E-state index in [9.17, 15) is 0 Å². The fraction of sp³-hybridized carbons (Fsp3) is 0. The molecule has 0 bridgehead atoms. The third-order valence-corrected chi connectivity index (χ3v) is 11.9. The lowest BCUT2D eigenvalue weighted by atomic mass is 10.1. The van der Waals surface area contributed by atoms with Crippen LogP contribution in [0.15, 0.2) is 188 Å². The summed E-state index contributed by atoms with van der Waals surface area (Å²) < 4.78 is 9.10. The molecule has 0 amide bonds. The molecule has 7 aromatic heterocycles. The van der Waals surface area contributed by atoms with Crippen molar-refractivity contribution in [3.8, 4) is 23.0 Å². The molecule has 7 heteroatoms. The van der Waals surface area contributed by atoms with Crippen LogP contribution in [0.2, 0.25) is 0 Å². The Morgan fingerprint density at radius 3 is 1.05 bits per heavy atom. The molecular weight excluding hydrogens is 711 g/mol. The Labute approximate surface area is 330 Å². The molecule has 0 atom stereocenters. The highest BCUT2D eigenvalue weighted by molar-refractivity contribution is 6.13. The topological polar surface area (TPSA) is 58.4 Å². The van der Waals surface area contributed by atoms with Gasteiger partial charge in [-0.1, -0.05) is 78.9 Å². The van der Waals surface area contributed by atoms with E-state index in [1.165, 1.54) is 43.6 Å². The van der Waals surface area contributed by atoms with Crippen molar-refractivity contribution in [2.45, 2.75) is 0 Å². The fourth-order valence-corrected chi connectivity index (χ4v) is 9.47. The summed E-state index contributed by atoms with van der Waals surface area (Å²) in [4.78, 5) is 15.3. The Bertz CT molecular complexity index is 3470. The van der Waals surface area contributed by atoms with E-state index in [1.54, 1.807) is 0 Å². The van der Waals surface area contributed by atoms with Gasteiger partial charge in [-0.3, -0.25) is 9.13 Å². The molecule has 0 fully saturated rings. The van der Waals surface area contributed by atoms with E-state index in [4.69, 9.17) is 15.0 Å². The summed E-state index contributed by atoms with van der Waals surface area (Å²) in [5.41, 5.74) is 10.7. The summed E-state index contributed by atoms with van der Waals surface area (Å²) >= 11 is 0. The van der Waals surface area contributed by atoms with Gasteiger partial charge in [0.25, 0.3) is 0 Å². The lowest BCUT2D eigenvalue weighted by Crippen LogP contribution is -2.04. The van der Waals surface area contributed by atoms with Crippen molar-refractivity contribution in [2.24, 2.45) is 0 Å². The van der Waals surface area contributed by atoms with Crippen molar-refractivity contribution < 1.29 is 0 Å². The van der Waals surface area contributed by atoms with Gasteiger partial charge in [0.15, 0.2) is 0 Å². The zero-order valence-corrected chi connectivity index (χ0v) is 31.0. The van der Waals surface area contributed by atoms with E-state index in [0.29, 0.717) is 0 Å². The van der Waals surface area contributed by atoms with Gasteiger partial charge in [0.05, 0.1) is 33.1 Å². The molecule has 7 heterocycles. The van der Waals surface area contributed by atoms with Crippen LogP contribution >= 0.6 is 0 Å². The van der Waals surface area contributed by atoms with Gasteiger partial charge in [0.2, 0.25) is 0 Å². The molecule has 0 radical (unpaired) electrons. The maximum atomic E-state index is 5.40. The van der Waals surface area contributed by atoms with E-state index in [1.807, 2.05) is 24.5 Å². The smallest absolute Gasteiger partial charge is 0.146 e. The van der Waals surface area contributed by atoms with Crippen LogP contribution in [-0.2, 0) is 0 Å². The van der Waals surface area contributed by atoms with Crippen LogP contribution < -0.4 is 0 Å². The molecule has 0 saturated carbocycles. The molecule has 0 aliphatic rings. The highest BCUT2D eigenvalue weighted by Gasteiger charge is 2.20. The van der Waals surface area contributed by atoms with Gasteiger partial charge in [-0.15, -0.1) is 0 Å². The number of para-hydroxylation sites is 4. The lowest BCUT2D eigenvalue weighted by molar-refractivity contribution is 0.994. The monoisotopic (exact) mass is 741 g/mol. The largest absolute Gasteiger partial charge is 0.309 e. The van der Waals surface area contributed by atoms with Crippen LogP contribution in [0.5, 0.6) is 0 Å². The summed E-state index contributed by atoms with van der Waals surface area (Å²) in [6.45, 7) is 0. The zero-order valence-electron chi connectivity index (χ0n) is 31.0. The van der Waals surface area contributed by atoms with E-state index < -0.39 is 0 Å². The number of fused-ring (bicyclic) bond motifs is 12. The predicted octanol–water partition coefficient (Wildman–Crippen LogP) is 12.3. The van der Waals surface area contributed by atoms with Crippen LogP contribution in [0.25, 0.3) is 110 Å². The Kier molecular flexibility index (Phi) is 6.32. The molecule has 13 rings (SSSR count). The van der Waals surface area contributed by atoms with Gasteiger partial charge in [-0.2, -0.15) is 0 Å². The van der Waals surface area contributed by atoms with Crippen molar-refractivity contribution in [1.29, 1.82) is 0 Å². The minimum absolute atomic E-state index is 0.786. The van der Waals surface area contributed by atoms with Gasteiger partial charge >= 0.3 is 0 Å². The van der Waals surface area contributed by atoms with Gasteiger partial charge in [0.1, 0.15) is 22.9 Å². The minimum Gasteiger partial charge on any atom is -0.309 e. The normalized spacial score (nSPS) is 12.1. The van der Waals surface area contributed by atoms with Crippen LogP contribution in [0, 0.1) is 0 Å². The molecule has 0 aliphatic heterocycles. The molecule has 13 aromatic rings. The Morgan fingerprint density at radius 2 is 0.638 bits per heavy atom. The number of nitrogens with zero attached hydrogens (tertiary/aromatic N) is 7. The highest BCUT2D eigenvalue weighted by Crippen LogP contribution is 2.38. The van der Waals surface area contributed by atoms with Crippen molar-refractivity contribution in [3.05, 3.63) is 188 Å². The fourth-order valence-electron chi connectivity index (χ4n) is 9.47. The third-order valence-electron chi connectivity index (χ3n) is 11.9. The van der Waals surface area contributed by atoms with E-state index in [-0.39, 0.29) is 0 Å². The number of pyridine rings is 3. The summed E-state index contributed by atoms with van der Waals surface area (Å²) in [5, 5.41) is 9.34. The third kappa shape index (κ3) is 4.24. The summed E-state index contributed by atoms with van der Waals surface area (Å²) in [6, 6.07) is 62.6. The molecule has 270 valence electrons. The van der Waals surface area contributed by atoms with Crippen LogP contribution in [0.1, 0.15) is 0 Å². The maximum Gasteiger partial charge on any atom is 0.146 e. The highest BCUT2D eigenvalue weighted by atomic mass is 15.2. The molecule has 0 spiro atoms. The first kappa shape index (κ1) is 31.2. The second-order valence-corrected chi connectivity index (χ2v) is 14.9. The summed E-state index contributed by atoms with van der Waals surface area (Å²) in [6.07, 6.45) is 3.72. The van der Waals surface area contributed by atoms with E-state index in [0.717, 1.165) is 66.9 Å². The number of hydrogen-bond donors (Lipinski definition) is 0. The number of rotatable bonds is 4. The SMILES string of the molecule is c1cc(-n2c3ccc(-n4c5ccccc5c5ccccc54)cc3c3cccnc32)nc(-n2c3ccc(-n4c5ccccc5c5ccccc54)cc3c3cccnc32)c1. The molecule has 6 aromatic carbocycles. The first-order chi connectivity index (χ1) is 28.8. The van der Waals surface area contributed by atoms with E-state index >= 15 is 0 Å². The molecule has 0 unspecified atom stereocenters. The molecule has 0 aliphatic carbocycles. The van der Waals surface area contributed by atoms with Crippen molar-refractivity contribution in [1.82, 2.24) is 33.2 Å². The number of aromatic nitrogens is 7. The van der Waals surface area contributed by atoms with Gasteiger partial charge < -0.3 is 9.13 Å². The second-order valence-electron chi connectivity index (χ2n) is 14.9. The van der Waals surface area contributed by atoms with Gasteiger partial charge in [0, 0.05) is 66.9 Å². The molecular formula is C51H31N7. The first-order valence-corrected chi connectivity index (χ1v) is 19.5. The van der Waals surface area contributed by atoms with Crippen molar-refractivity contribution in [3.63, 3.8) is 0 Å². The second kappa shape index (κ2) is 11.7. The molecule has 0 N–H and O–H groups in total. The first-order valence-electron chi connectivity index (χ1n) is 19.5. The lowest BCUT2D eigenvalue weighted by Gasteiger charge is -2.12. The van der Waals surface area contributed by atoms with E-state index in [2.05, 4.69) is 182 Å². The number of benzene rings is 6. The number of hydrogen-bond acceptors (Lipinski definition) is 3. The molecule has 7 nitrogen and oxygen atoms in total. The van der Waals surface area contributed by atoms with Gasteiger partial charge in [-0.25, -0.2) is 15.0 Å². The van der Waals surface area contributed by atoms with Gasteiger partial charge in [-0.05, 0) is 97.1 Å². The quantitative estimate of drug-likeness (QED) is 0.180. The predicted molar refractivity (Wildman–Crippen MR) is 237 cm³/mol. The Hall–Kier alpha value is -8.03. The average molecular weight is 742 g/mol. The van der Waals surface area contributed by atoms with Crippen molar-refractivity contribution >= 4 is 87.5 Å². The molecule has 0 saturated heterocycles. The summed E-state index contributed by atoms with van der Waals surface area (Å²) in [7, 11) is 0. The summed E-state index contributed by atoms with van der Waals surface area (Å²) in [5.74, 6) is 1.57. The standard InChI is InChI=1S/C51H31N7/c1-5-18-42-34(12-1)35-13-2-6-19-43(35)55(42)32-24-26-46-40(30-32)38-16-10-28-52-50(38)57(46)48-22-9-23-49(54-48)58-47-27-25-33(31-41(47)39-17-11-29-53-51(39)58)56-44-20-7-3-14-36(44)37-15-4-8-21-45(37)56/h1-31H. The van der Waals surface area contributed by atoms with Crippen LogP contribution in [0.4, 0.5) is 0 Å². The van der Waals surface area contributed by atoms with Crippen LogP contribution in [0.3, 0.4) is 0 Å². The Balaban J connectivity index is 1.00. The van der Waals surface area contributed by atoms with Crippen molar-refractivity contribution in [2.75, 3.05) is 0 Å². The minimum atomic E-state index is 0.786. The average Bonchev–Trinajstić information content (AvgIpc) is 4.01. The maximum absolute atomic E-state index is 5.40. The molecule has 58 heavy (non-hydrogen) atoms. The zero-order chi connectivity index (χ0) is 37.9. The Morgan fingerprint density at radius 1 is 0.276 bits per heavy atom.